The zero-order valence-electron chi connectivity index (χ0n) is 13.0. The van der Waals surface area contributed by atoms with Crippen LogP contribution in [0.25, 0.3) is 5.57 Å². The number of aromatic hydroxyl groups is 1. The lowest BCUT2D eigenvalue weighted by molar-refractivity contribution is 0.473. The SMILES string of the molecule is CNCC/C=C(\c1ccccc1C)c1c(C)cccc1O. The lowest BCUT2D eigenvalue weighted by Crippen LogP contribution is -2.06. The topological polar surface area (TPSA) is 32.3 Å². The smallest absolute Gasteiger partial charge is 0.123 e. The van der Waals surface area contributed by atoms with Gasteiger partial charge in [-0.1, -0.05) is 42.5 Å². The summed E-state index contributed by atoms with van der Waals surface area (Å²) in [6.45, 7) is 5.07. The highest BCUT2D eigenvalue weighted by Crippen LogP contribution is 2.34. The summed E-state index contributed by atoms with van der Waals surface area (Å²) in [4.78, 5) is 0. The Labute approximate surface area is 127 Å². The van der Waals surface area contributed by atoms with Crippen molar-refractivity contribution in [1.82, 2.24) is 5.32 Å². The average molecular weight is 281 g/mol. The van der Waals surface area contributed by atoms with Gasteiger partial charge in [0.05, 0.1) is 0 Å². The molecule has 0 fully saturated rings. The second-order valence-electron chi connectivity index (χ2n) is 5.29. The fraction of sp³-hybridized carbons (Fsp3) is 0.263. The van der Waals surface area contributed by atoms with Crippen molar-refractivity contribution in [2.24, 2.45) is 0 Å². The Morgan fingerprint density at radius 2 is 1.76 bits per heavy atom. The third-order valence-corrected chi connectivity index (χ3v) is 3.70. The van der Waals surface area contributed by atoms with Gasteiger partial charge in [-0.3, -0.25) is 0 Å². The molecule has 2 N–H and O–H groups in total. The minimum atomic E-state index is 0.342. The summed E-state index contributed by atoms with van der Waals surface area (Å²) in [5.41, 5.74) is 5.53. The molecular weight excluding hydrogens is 258 g/mol. The van der Waals surface area contributed by atoms with Gasteiger partial charge in [0.1, 0.15) is 5.75 Å². The van der Waals surface area contributed by atoms with Gasteiger partial charge in [0, 0.05) is 5.56 Å². The minimum Gasteiger partial charge on any atom is -0.507 e. The first kappa shape index (κ1) is 15.3. The molecule has 0 bridgehead atoms. The Hall–Kier alpha value is -2.06. The van der Waals surface area contributed by atoms with Gasteiger partial charge < -0.3 is 10.4 Å². The van der Waals surface area contributed by atoms with Gasteiger partial charge in [-0.25, -0.2) is 0 Å². The van der Waals surface area contributed by atoms with Crippen LogP contribution >= 0.6 is 0 Å². The summed E-state index contributed by atoms with van der Waals surface area (Å²) >= 11 is 0. The first-order valence-corrected chi connectivity index (χ1v) is 7.35. The maximum absolute atomic E-state index is 10.3. The van der Waals surface area contributed by atoms with E-state index in [4.69, 9.17) is 0 Å². The summed E-state index contributed by atoms with van der Waals surface area (Å²) < 4.78 is 0. The normalized spacial score (nSPS) is 11.7. The summed E-state index contributed by atoms with van der Waals surface area (Å²) in [6, 6.07) is 14.0. The molecule has 0 aliphatic carbocycles. The molecule has 2 aromatic rings. The van der Waals surface area contributed by atoms with E-state index in [0.29, 0.717) is 5.75 Å². The molecule has 0 saturated heterocycles. The molecule has 110 valence electrons. The zero-order valence-corrected chi connectivity index (χ0v) is 13.0. The van der Waals surface area contributed by atoms with Crippen LogP contribution in [0.1, 0.15) is 28.7 Å². The number of benzene rings is 2. The van der Waals surface area contributed by atoms with Crippen molar-refractivity contribution in [1.29, 1.82) is 0 Å². The van der Waals surface area contributed by atoms with Crippen LogP contribution in [0.4, 0.5) is 0 Å². The summed E-state index contributed by atoms with van der Waals surface area (Å²) in [5, 5.41) is 13.5. The second kappa shape index (κ2) is 7.09. The number of hydrogen-bond donors (Lipinski definition) is 2. The molecule has 2 rings (SSSR count). The Morgan fingerprint density at radius 1 is 1.05 bits per heavy atom. The van der Waals surface area contributed by atoms with Gasteiger partial charge in [0.15, 0.2) is 0 Å². The van der Waals surface area contributed by atoms with E-state index >= 15 is 0 Å². The average Bonchev–Trinajstić information content (AvgIpc) is 2.46. The van der Waals surface area contributed by atoms with E-state index in [-0.39, 0.29) is 0 Å². The summed E-state index contributed by atoms with van der Waals surface area (Å²) in [6.07, 6.45) is 3.13. The molecule has 21 heavy (non-hydrogen) atoms. The Balaban J connectivity index is 2.57. The number of rotatable bonds is 5. The monoisotopic (exact) mass is 281 g/mol. The van der Waals surface area contributed by atoms with Gasteiger partial charge in [0.2, 0.25) is 0 Å². The van der Waals surface area contributed by atoms with E-state index in [1.54, 1.807) is 6.07 Å². The van der Waals surface area contributed by atoms with Crippen LogP contribution in [0, 0.1) is 13.8 Å². The molecule has 2 nitrogen and oxygen atoms in total. The highest BCUT2D eigenvalue weighted by molar-refractivity contribution is 5.85. The number of phenols is 1. The van der Waals surface area contributed by atoms with Crippen LogP contribution in [0.5, 0.6) is 5.75 Å². The largest absolute Gasteiger partial charge is 0.507 e. The standard InChI is InChI=1S/C19H23NO/c1-14-8-4-5-10-16(14)17(11-7-13-20-3)19-15(2)9-6-12-18(19)21/h4-6,8-12,20-21H,7,13H2,1-3H3/b17-11+. The maximum Gasteiger partial charge on any atom is 0.123 e. The lowest BCUT2D eigenvalue weighted by Gasteiger charge is -2.15. The predicted octanol–water partition coefficient (Wildman–Crippen LogP) is 4.05. The van der Waals surface area contributed by atoms with E-state index in [0.717, 1.165) is 29.7 Å². The highest BCUT2D eigenvalue weighted by Gasteiger charge is 2.13. The van der Waals surface area contributed by atoms with Crippen LogP contribution < -0.4 is 5.32 Å². The summed E-state index contributed by atoms with van der Waals surface area (Å²) in [7, 11) is 1.95. The van der Waals surface area contributed by atoms with Gasteiger partial charge in [-0.2, -0.15) is 0 Å². The number of nitrogens with one attached hydrogen (secondary N) is 1. The van der Waals surface area contributed by atoms with Crippen molar-refractivity contribution in [2.75, 3.05) is 13.6 Å². The molecule has 0 saturated carbocycles. The highest BCUT2D eigenvalue weighted by atomic mass is 16.3. The van der Waals surface area contributed by atoms with Crippen molar-refractivity contribution < 1.29 is 5.11 Å². The third kappa shape index (κ3) is 3.53. The predicted molar refractivity (Wildman–Crippen MR) is 89.6 cm³/mol. The third-order valence-electron chi connectivity index (χ3n) is 3.70. The molecule has 0 unspecified atom stereocenters. The first-order chi connectivity index (χ1) is 10.1. The first-order valence-electron chi connectivity index (χ1n) is 7.35. The molecule has 0 aromatic heterocycles. The second-order valence-corrected chi connectivity index (χ2v) is 5.29. The van der Waals surface area contributed by atoms with Gasteiger partial charge in [-0.15, -0.1) is 0 Å². The quantitative estimate of drug-likeness (QED) is 0.810. The Morgan fingerprint density at radius 3 is 2.43 bits per heavy atom. The lowest BCUT2D eigenvalue weighted by atomic mass is 9.90. The van der Waals surface area contributed by atoms with Crippen molar-refractivity contribution in [2.45, 2.75) is 20.3 Å². The van der Waals surface area contributed by atoms with Gasteiger partial charge in [-0.05, 0) is 62.2 Å². The molecule has 0 aliphatic heterocycles. The number of phenolic OH excluding ortho intramolecular Hbond substituents is 1. The molecule has 0 heterocycles. The molecule has 0 spiro atoms. The Kier molecular flexibility index (Phi) is 5.18. The number of hydrogen-bond acceptors (Lipinski definition) is 2. The number of aryl methyl sites for hydroxylation is 2. The Bertz CT molecular complexity index is 624. The summed E-state index contributed by atoms with van der Waals surface area (Å²) in [5.74, 6) is 0.342. The van der Waals surface area contributed by atoms with E-state index in [1.165, 1.54) is 11.1 Å². The van der Waals surface area contributed by atoms with Gasteiger partial charge in [0.25, 0.3) is 0 Å². The van der Waals surface area contributed by atoms with Crippen LogP contribution in [0.3, 0.4) is 0 Å². The van der Waals surface area contributed by atoms with Crippen molar-refractivity contribution in [3.8, 4) is 5.75 Å². The fourth-order valence-electron chi connectivity index (χ4n) is 2.59. The molecule has 0 radical (unpaired) electrons. The van der Waals surface area contributed by atoms with Crippen molar-refractivity contribution in [3.63, 3.8) is 0 Å². The van der Waals surface area contributed by atoms with Crippen LogP contribution in [-0.2, 0) is 0 Å². The van der Waals surface area contributed by atoms with Crippen LogP contribution in [0.15, 0.2) is 48.5 Å². The van der Waals surface area contributed by atoms with Crippen molar-refractivity contribution >= 4 is 5.57 Å². The van der Waals surface area contributed by atoms with Crippen molar-refractivity contribution in [3.05, 3.63) is 70.8 Å². The maximum atomic E-state index is 10.3. The molecule has 2 aromatic carbocycles. The van der Waals surface area contributed by atoms with E-state index in [1.807, 2.05) is 38.2 Å². The van der Waals surface area contributed by atoms with Crippen LogP contribution in [-0.4, -0.2) is 18.7 Å². The molecule has 2 heteroatoms. The molecule has 0 amide bonds. The minimum absolute atomic E-state index is 0.342. The fourth-order valence-corrected chi connectivity index (χ4v) is 2.59. The zero-order chi connectivity index (χ0) is 15.2. The van der Waals surface area contributed by atoms with Crippen LogP contribution in [0.2, 0.25) is 0 Å². The van der Waals surface area contributed by atoms with E-state index in [9.17, 15) is 5.11 Å². The molecular formula is C19H23NO. The van der Waals surface area contributed by atoms with E-state index in [2.05, 4.69) is 30.4 Å². The molecule has 0 aliphatic rings. The molecule has 0 atom stereocenters. The van der Waals surface area contributed by atoms with E-state index < -0.39 is 0 Å². The van der Waals surface area contributed by atoms with Gasteiger partial charge >= 0.3 is 0 Å².